The topological polar surface area (TPSA) is 42.0 Å². The summed E-state index contributed by atoms with van der Waals surface area (Å²) in [5.41, 5.74) is 0.642. The Morgan fingerprint density at radius 1 is 1.90 bits per heavy atom. The lowest BCUT2D eigenvalue weighted by Gasteiger charge is -1.89. The minimum absolute atomic E-state index is 0.153. The maximum absolute atomic E-state index is 10.8. The van der Waals surface area contributed by atoms with Crippen molar-refractivity contribution < 1.29 is 4.79 Å². The molecule has 0 aliphatic heterocycles. The minimum atomic E-state index is -0.153. The van der Waals surface area contributed by atoms with Crippen molar-refractivity contribution in [1.29, 1.82) is 0 Å². The molecule has 10 heavy (non-hydrogen) atoms. The molecule has 1 heterocycles. The number of carbonyl (C=O) groups excluding carboxylic acids is 1. The summed E-state index contributed by atoms with van der Waals surface area (Å²) in [6.07, 6.45) is 0. The summed E-state index contributed by atoms with van der Waals surface area (Å²) in [4.78, 5) is 14.7. The van der Waals surface area contributed by atoms with Crippen molar-refractivity contribution in [2.75, 3.05) is 7.05 Å². The molecule has 1 aromatic heterocycles. The third-order valence-electron chi connectivity index (χ3n) is 0.973. The molecule has 0 aliphatic carbocycles. The molecular weight excluding hydrogens is 148 g/mol. The Morgan fingerprint density at radius 3 is 3.00 bits per heavy atom. The van der Waals surface area contributed by atoms with E-state index in [1.807, 2.05) is 0 Å². The molecule has 4 heteroatoms. The van der Waals surface area contributed by atoms with Crippen LogP contribution in [0.4, 0.5) is 0 Å². The molecule has 1 aromatic rings. The highest BCUT2D eigenvalue weighted by Gasteiger charge is 2.05. The molecule has 0 aliphatic rings. The van der Waals surface area contributed by atoms with Gasteiger partial charge < -0.3 is 5.32 Å². The molecule has 0 unspecified atom stereocenters. The summed E-state index contributed by atoms with van der Waals surface area (Å²) >= 11 is 1.30. The lowest BCUT2D eigenvalue weighted by atomic mass is 10.5. The van der Waals surface area contributed by atoms with Crippen molar-refractivity contribution in [3.8, 4) is 0 Å². The molecule has 1 rings (SSSR count). The molecule has 1 amide bonds. The van der Waals surface area contributed by atoms with E-state index < -0.39 is 0 Å². The average molecular weight is 155 g/mol. The van der Waals surface area contributed by atoms with E-state index in [1.54, 1.807) is 12.4 Å². The van der Waals surface area contributed by atoms with Gasteiger partial charge in [-0.05, 0) is 6.92 Å². The summed E-state index contributed by atoms with van der Waals surface area (Å²) in [6, 6.07) is 0. The Morgan fingerprint density at radius 2 is 2.60 bits per heavy atom. The first kappa shape index (κ1) is 7.21. The molecule has 1 radical (unpaired) electrons. The zero-order chi connectivity index (χ0) is 7.56. The summed E-state index contributed by atoms with van der Waals surface area (Å²) in [5.74, 6) is -0.153. The van der Waals surface area contributed by atoms with Crippen molar-refractivity contribution in [1.82, 2.24) is 10.3 Å². The number of hydrogen-bond donors (Lipinski definition) is 1. The quantitative estimate of drug-likeness (QED) is 0.648. The van der Waals surface area contributed by atoms with E-state index in [9.17, 15) is 4.79 Å². The fourth-order valence-corrected chi connectivity index (χ4v) is 1.20. The van der Waals surface area contributed by atoms with Crippen LogP contribution in [0.5, 0.6) is 0 Å². The number of carbonyl (C=O) groups is 1. The Hall–Kier alpha value is -0.900. The van der Waals surface area contributed by atoms with Crippen LogP contribution in [0.15, 0.2) is 5.38 Å². The molecule has 3 nitrogen and oxygen atoms in total. The summed E-state index contributed by atoms with van der Waals surface area (Å²) < 4.78 is 0. The van der Waals surface area contributed by atoms with Gasteiger partial charge in [-0.1, -0.05) is 0 Å². The first-order valence-corrected chi connectivity index (χ1v) is 3.61. The molecule has 53 valence electrons. The van der Waals surface area contributed by atoms with Crippen LogP contribution < -0.4 is 5.32 Å². The average Bonchev–Trinajstić information content (AvgIpc) is 2.34. The largest absolute Gasteiger partial charge is 0.353 e. The van der Waals surface area contributed by atoms with Gasteiger partial charge in [0, 0.05) is 12.4 Å². The maximum Gasteiger partial charge on any atom is 0.280 e. The van der Waals surface area contributed by atoms with Gasteiger partial charge in [-0.15, -0.1) is 11.3 Å². The van der Waals surface area contributed by atoms with E-state index in [-0.39, 0.29) is 5.91 Å². The van der Waals surface area contributed by atoms with Gasteiger partial charge in [0.2, 0.25) is 0 Å². The van der Waals surface area contributed by atoms with Gasteiger partial charge in [0.1, 0.15) is 0 Å². The minimum Gasteiger partial charge on any atom is -0.353 e. The number of thiazole rings is 1. The van der Waals surface area contributed by atoms with Crippen molar-refractivity contribution in [2.24, 2.45) is 0 Å². The summed E-state index contributed by atoms with van der Waals surface area (Å²) in [7, 11) is 1.58. The monoisotopic (exact) mass is 155 g/mol. The third kappa shape index (κ3) is 1.33. The van der Waals surface area contributed by atoms with Gasteiger partial charge in [0.25, 0.3) is 5.91 Å². The fraction of sp³-hybridized carbons (Fsp3) is 0.167. The van der Waals surface area contributed by atoms with Crippen LogP contribution >= 0.6 is 11.3 Å². The Labute approximate surface area is 63.1 Å². The van der Waals surface area contributed by atoms with E-state index in [0.29, 0.717) is 10.7 Å². The van der Waals surface area contributed by atoms with E-state index in [0.717, 1.165) is 0 Å². The Bertz CT molecular complexity index is 244. The van der Waals surface area contributed by atoms with Gasteiger partial charge in [0.15, 0.2) is 5.01 Å². The lowest BCUT2D eigenvalue weighted by molar-refractivity contribution is 0.0962. The predicted molar refractivity (Wildman–Crippen MR) is 40.0 cm³/mol. The van der Waals surface area contributed by atoms with Crippen molar-refractivity contribution in [3.05, 3.63) is 23.0 Å². The molecule has 0 bridgehead atoms. The number of aromatic nitrogens is 1. The van der Waals surface area contributed by atoms with E-state index in [1.165, 1.54) is 11.3 Å². The summed E-state index contributed by atoms with van der Waals surface area (Å²) in [5, 5.41) is 4.68. The van der Waals surface area contributed by atoms with Gasteiger partial charge in [-0.2, -0.15) is 0 Å². The molecule has 0 fully saturated rings. The standard InChI is InChI=1S/C6H7N2OS/c1-4-3-10-6(8-4)5(9)7-2/h3H,1H2,2H3,(H,7,9). The second kappa shape index (κ2) is 2.79. The van der Waals surface area contributed by atoms with Crippen LogP contribution in [0.25, 0.3) is 0 Å². The normalized spacial score (nSPS) is 9.40. The highest BCUT2D eigenvalue weighted by atomic mass is 32.1. The van der Waals surface area contributed by atoms with E-state index >= 15 is 0 Å². The van der Waals surface area contributed by atoms with Gasteiger partial charge in [-0.25, -0.2) is 4.98 Å². The highest BCUT2D eigenvalue weighted by molar-refractivity contribution is 7.11. The second-order valence-electron chi connectivity index (χ2n) is 1.72. The Kier molecular flexibility index (Phi) is 2.01. The molecular formula is C6H7N2OS. The number of nitrogens with zero attached hydrogens (tertiary/aromatic N) is 1. The van der Waals surface area contributed by atoms with Gasteiger partial charge in [0.05, 0.1) is 5.69 Å². The van der Waals surface area contributed by atoms with E-state index in [4.69, 9.17) is 0 Å². The zero-order valence-corrected chi connectivity index (χ0v) is 6.36. The molecule has 0 aromatic carbocycles. The van der Waals surface area contributed by atoms with Crippen molar-refractivity contribution in [2.45, 2.75) is 0 Å². The first-order chi connectivity index (χ1) is 4.74. The van der Waals surface area contributed by atoms with Crippen molar-refractivity contribution in [3.63, 3.8) is 0 Å². The van der Waals surface area contributed by atoms with Crippen molar-refractivity contribution >= 4 is 17.2 Å². The lowest BCUT2D eigenvalue weighted by Crippen LogP contribution is -2.17. The van der Waals surface area contributed by atoms with Crippen LogP contribution in [-0.2, 0) is 0 Å². The van der Waals surface area contributed by atoms with Crippen LogP contribution in [-0.4, -0.2) is 17.9 Å². The fourth-order valence-electron chi connectivity index (χ4n) is 0.518. The number of amides is 1. The molecule has 1 N–H and O–H groups in total. The highest BCUT2D eigenvalue weighted by Crippen LogP contribution is 2.07. The molecule has 0 spiro atoms. The van der Waals surface area contributed by atoms with Crippen LogP contribution in [0, 0.1) is 6.92 Å². The SMILES string of the molecule is [CH2]c1csc(C(=O)NC)n1. The maximum atomic E-state index is 10.8. The number of hydrogen-bond acceptors (Lipinski definition) is 3. The predicted octanol–water partition coefficient (Wildman–Crippen LogP) is 0.685. The van der Waals surface area contributed by atoms with Crippen LogP contribution in [0.3, 0.4) is 0 Å². The van der Waals surface area contributed by atoms with E-state index in [2.05, 4.69) is 17.2 Å². The molecule has 0 saturated heterocycles. The number of rotatable bonds is 1. The van der Waals surface area contributed by atoms with Gasteiger partial charge >= 0.3 is 0 Å². The zero-order valence-electron chi connectivity index (χ0n) is 5.55. The second-order valence-corrected chi connectivity index (χ2v) is 2.58. The number of nitrogens with one attached hydrogen (secondary N) is 1. The molecule has 0 saturated carbocycles. The summed E-state index contributed by atoms with van der Waals surface area (Å²) in [6.45, 7) is 3.58. The first-order valence-electron chi connectivity index (χ1n) is 2.73. The Balaban J connectivity index is 2.85. The van der Waals surface area contributed by atoms with Crippen LogP contribution in [0.1, 0.15) is 15.5 Å². The smallest absolute Gasteiger partial charge is 0.280 e. The molecule has 0 atom stereocenters. The van der Waals surface area contributed by atoms with Gasteiger partial charge in [-0.3, -0.25) is 4.79 Å². The third-order valence-corrected chi connectivity index (χ3v) is 1.86. The van der Waals surface area contributed by atoms with Crippen LogP contribution in [0.2, 0.25) is 0 Å².